The number of carbonyl (C=O) groups is 2. The van der Waals surface area contributed by atoms with Crippen molar-refractivity contribution < 1.29 is 28.2 Å². The molecule has 1 amide bonds. The number of halogens is 1. The molecule has 49 heavy (non-hydrogen) atoms. The maximum atomic E-state index is 16.2. The zero-order valence-corrected chi connectivity index (χ0v) is 29.1. The molecule has 0 spiro atoms. The van der Waals surface area contributed by atoms with Gasteiger partial charge < -0.3 is 40.0 Å². The smallest absolute Gasteiger partial charge is 0.256 e. The minimum Gasteiger partial charge on any atom is -0.379 e. The van der Waals surface area contributed by atoms with Gasteiger partial charge in [0, 0.05) is 50.3 Å². The third-order valence-electron chi connectivity index (χ3n) is 12.1. The average Bonchev–Trinajstić information content (AvgIpc) is 3.10. The van der Waals surface area contributed by atoms with Crippen molar-refractivity contribution >= 4 is 11.7 Å². The number of nitrogens with zero attached hydrogens (tertiary/aromatic N) is 4. The number of amides is 1. The summed E-state index contributed by atoms with van der Waals surface area (Å²) >= 11 is 0. The molecule has 6 fully saturated rings. The Hall–Kier alpha value is -2.07. The van der Waals surface area contributed by atoms with Crippen molar-refractivity contribution in [3.63, 3.8) is 0 Å². The molecule has 7 aliphatic rings. The first-order valence-corrected chi connectivity index (χ1v) is 18.8. The van der Waals surface area contributed by atoms with Gasteiger partial charge in [-0.15, -0.1) is 0 Å². The molecule has 3 saturated carbocycles. The number of nitroso groups, excluding NO2 is 1. The predicted octanol–water partition coefficient (Wildman–Crippen LogP) is 0.963. The second-order valence-electron chi connectivity index (χ2n) is 15.6. The normalized spacial score (nSPS) is 40.4. The molecule has 0 radical (unpaired) electrons. The van der Waals surface area contributed by atoms with E-state index in [4.69, 9.17) is 14.2 Å². The Kier molecular flexibility index (Phi) is 11.3. The Labute approximate surface area is 289 Å². The van der Waals surface area contributed by atoms with Crippen LogP contribution in [-0.2, 0) is 23.8 Å². The van der Waals surface area contributed by atoms with Crippen LogP contribution in [0.1, 0.15) is 57.8 Å². The summed E-state index contributed by atoms with van der Waals surface area (Å²) in [6.07, 6.45) is 5.92. The van der Waals surface area contributed by atoms with Crippen molar-refractivity contribution in [1.82, 2.24) is 30.7 Å². The lowest BCUT2D eigenvalue weighted by Gasteiger charge is -2.61. The van der Waals surface area contributed by atoms with Gasteiger partial charge in [-0.3, -0.25) is 14.5 Å². The largest absolute Gasteiger partial charge is 0.379 e. The monoisotopic (exact) mass is 689 g/mol. The fraction of sp³-hybridized carbons (Fsp3) is 0.886. The number of fused-ring (bicyclic) bond motifs is 4. The Morgan fingerprint density at radius 1 is 1.02 bits per heavy atom. The van der Waals surface area contributed by atoms with Crippen LogP contribution in [0, 0.1) is 10.8 Å². The van der Waals surface area contributed by atoms with E-state index in [0.29, 0.717) is 32.4 Å². The van der Waals surface area contributed by atoms with E-state index >= 15 is 4.39 Å². The van der Waals surface area contributed by atoms with Gasteiger partial charge in [-0.05, 0) is 85.1 Å². The van der Waals surface area contributed by atoms with Crippen molar-refractivity contribution in [1.29, 1.82) is 0 Å². The molecular weight excluding hydrogens is 633 g/mol. The summed E-state index contributed by atoms with van der Waals surface area (Å²) in [4.78, 5) is 45.7. The molecule has 274 valence electrons. The van der Waals surface area contributed by atoms with E-state index in [0.717, 1.165) is 71.5 Å². The second kappa shape index (κ2) is 15.7. The van der Waals surface area contributed by atoms with Gasteiger partial charge in [-0.2, -0.15) is 4.91 Å². The fourth-order valence-electron chi connectivity index (χ4n) is 9.60. The van der Waals surface area contributed by atoms with E-state index in [1.54, 1.807) is 6.20 Å². The van der Waals surface area contributed by atoms with Crippen LogP contribution in [0.25, 0.3) is 0 Å². The lowest BCUT2D eigenvalue weighted by Crippen LogP contribution is -2.75. The molecule has 0 bridgehead atoms. The Morgan fingerprint density at radius 3 is 2.63 bits per heavy atom. The number of rotatable bonds is 12. The van der Waals surface area contributed by atoms with Gasteiger partial charge in [0.05, 0.1) is 67.4 Å². The van der Waals surface area contributed by atoms with Crippen molar-refractivity contribution in [2.45, 2.75) is 125 Å². The van der Waals surface area contributed by atoms with E-state index in [1.165, 1.54) is 0 Å². The number of alkyl halides is 1. The van der Waals surface area contributed by atoms with Crippen molar-refractivity contribution in [3.8, 4) is 0 Å². The van der Waals surface area contributed by atoms with E-state index in [-0.39, 0.29) is 72.2 Å². The highest BCUT2D eigenvalue weighted by Gasteiger charge is 2.60. The molecular formula is C35H56FN7O6. The van der Waals surface area contributed by atoms with Crippen molar-refractivity contribution in [2.75, 3.05) is 66.6 Å². The highest BCUT2D eigenvalue weighted by atomic mass is 19.1. The minimum absolute atomic E-state index is 0.0577. The molecule has 12 unspecified atom stereocenters. The molecule has 13 nitrogen and oxygen atoms in total. The Balaban J connectivity index is 1.09. The molecule has 0 aromatic carbocycles. The molecule has 7 rings (SSSR count). The summed E-state index contributed by atoms with van der Waals surface area (Å²) < 4.78 is 35.2. The van der Waals surface area contributed by atoms with E-state index < -0.39 is 24.2 Å². The SMILES string of the molecule is CN(C)CCCCNC1C(F)CC2C(=O)C(C(=O)NCCCN3CCOCC3)=CN3C4CC5OC6CC(N=O)CCC6NC5CC4OC1C23. The number of ketones is 1. The van der Waals surface area contributed by atoms with Gasteiger partial charge >= 0.3 is 0 Å². The van der Waals surface area contributed by atoms with Crippen LogP contribution in [0.15, 0.2) is 16.9 Å². The van der Waals surface area contributed by atoms with Crippen LogP contribution in [0.5, 0.6) is 0 Å². The standard InChI is InChI=1S/C35H56FN7O6/c1-41(2)10-4-3-8-37-31-24(36)17-22-32-34(31)49-30-18-26-29(48-28-16-21(40-46)6-7-25(28)39-26)19-27(30)43(32)20-23(33(22)44)35(45)38-9-5-11-42-12-14-47-15-13-42/h20-22,24-32,34,37,39H,3-19H2,1-2H3,(H,38,45). The molecule has 3 saturated heterocycles. The fourth-order valence-corrected chi connectivity index (χ4v) is 9.60. The minimum atomic E-state index is -1.27. The van der Waals surface area contributed by atoms with Crippen LogP contribution in [0.2, 0.25) is 0 Å². The van der Waals surface area contributed by atoms with Crippen LogP contribution in [0.4, 0.5) is 4.39 Å². The summed E-state index contributed by atoms with van der Waals surface area (Å²) in [7, 11) is 4.10. The van der Waals surface area contributed by atoms with Gasteiger partial charge in [-0.1, -0.05) is 5.18 Å². The molecule has 0 aromatic heterocycles. The maximum absolute atomic E-state index is 16.2. The third kappa shape index (κ3) is 7.61. The molecule has 3 N–H and O–H groups in total. The predicted molar refractivity (Wildman–Crippen MR) is 181 cm³/mol. The second-order valence-corrected chi connectivity index (χ2v) is 15.6. The Bertz CT molecular complexity index is 1220. The zero-order valence-electron chi connectivity index (χ0n) is 29.1. The van der Waals surface area contributed by atoms with E-state index in [1.807, 2.05) is 0 Å². The lowest BCUT2D eigenvalue weighted by atomic mass is 9.69. The number of Topliss-reactive ketones (excluding diaryl/α,β-unsaturated/α-hetero) is 1. The molecule has 4 heterocycles. The van der Waals surface area contributed by atoms with Gasteiger partial charge in [0.25, 0.3) is 5.91 Å². The maximum Gasteiger partial charge on any atom is 0.256 e. The topological polar surface area (TPSA) is 137 Å². The zero-order chi connectivity index (χ0) is 34.1. The first-order chi connectivity index (χ1) is 23.8. The number of carbonyl (C=O) groups excluding carboxylic acids is 2. The van der Waals surface area contributed by atoms with Crippen LogP contribution >= 0.6 is 0 Å². The number of hydrogen-bond donors (Lipinski definition) is 3. The number of ether oxygens (including phenoxy) is 3. The Morgan fingerprint density at radius 2 is 1.84 bits per heavy atom. The lowest BCUT2D eigenvalue weighted by molar-refractivity contribution is -0.222. The van der Waals surface area contributed by atoms with Crippen molar-refractivity contribution in [2.24, 2.45) is 11.1 Å². The van der Waals surface area contributed by atoms with Gasteiger partial charge in [-0.25, -0.2) is 4.39 Å². The van der Waals surface area contributed by atoms with Crippen LogP contribution < -0.4 is 16.0 Å². The average molecular weight is 690 g/mol. The molecule has 12 atom stereocenters. The quantitative estimate of drug-likeness (QED) is 0.154. The summed E-state index contributed by atoms with van der Waals surface area (Å²) in [5.74, 6) is -1.34. The first kappa shape index (κ1) is 35.3. The molecule has 0 aromatic rings. The summed E-state index contributed by atoms with van der Waals surface area (Å²) in [5, 5.41) is 13.6. The molecule has 3 aliphatic carbocycles. The molecule has 4 aliphatic heterocycles. The van der Waals surface area contributed by atoms with E-state index in [9.17, 15) is 14.5 Å². The van der Waals surface area contributed by atoms with Gasteiger partial charge in [0.2, 0.25) is 0 Å². The van der Waals surface area contributed by atoms with Crippen LogP contribution in [0.3, 0.4) is 0 Å². The number of hydrogen-bond acceptors (Lipinski definition) is 12. The number of morpholine rings is 3. The summed E-state index contributed by atoms with van der Waals surface area (Å²) in [6.45, 7) is 6.17. The third-order valence-corrected chi connectivity index (χ3v) is 12.1. The van der Waals surface area contributed by atoms with Gasteiger partial charge in [0.15, 0.2) is 5.78 Å². The summed E-state index contributed by atoms with van der Waals surface area (Å²) in [6, 6.07) is -1.00. The van der Waals surface area contributed by atoms with Crippen molar-refractivity contribution in [3.05, 3.63) is 16.7 Å². The number of nitrogens with one attached hydrogen (secondary N) is 3. The number of unbranched alkanes of at least 4 members (excludes halogenated alkanes) is 1. The van der Waals surface area contributed by atoms with Crippen LogP contribution in [-0.4, -0.2) is 160 Å². The highest BCUT2D eigenvalue weighted by molar-refractivity contribution is 6.20. The summed E-state index contributed by atoms with van der Waals surface area (Å²) in [5.41, 5.74) is 0.117. The van der Waals surface area contributed by atoms with E-state index in [2.05, 4.69) is 49.9 Å². The molecule has 14 heteroatoms. The first-order valence-electron chi connectivity index (χ1n) is 18.8. The highest BCUT2D eigenvalue weighted by Crippen LogP contribution is 2.47. The van der Waals surface area contributed by atoms with Gasteiger partial charge in [0.1, 0.15) is 6.17 Å².